The second kappa shape index (κ2) is 6.13. The van der Waals surface area contributed by atoms with Gasteiger partial charge in [0.25, 0.3) is 0 Å². The molecule has 0 aliphatic carbocycles. The van der Waals surface area contributed by atoms with E-state index in [0.717, 1.165) is 10.8 Å². The summed E-state index contributed by atoms with van der Waals surface area (Å²) in [6.07, 6.45) is 0.765. The van der Waals surface area contributed by atoms with Crippen LogP contribution in [0.3, 0.4) is 0 Å². The van der Waals surface area contributed by atoms with Gasteiger partial charge >= 0.3 is 16.9 Å². The Bertz CT molecular complexity index is 630. The maximum absolute atomic E-state index is 11.7. The lowest BCUT2D eigenvalue weighted by atomic mass is 10.1. The first-order valence-corrected chi connectivity index (χ1v) is 6.00. The van der Waals surface area contributed by atoms with Gasteiger partial charge in [0.1, 0.15) is 6.54 Å². The van der Waals surface area contributed by atoms with E-state index >= 15 is 0 Å². The standard InChI is InChI=1S/C11H16N4O5/c1-6(2)7(3)12-9(16)5-14-4-8(15(19)20)10(17)13-11(14)18/h4,6-7H,5H2,1-3H3,(H,12,16)(H,13,17,18). The maximum Gasteiger partial charge on any atom is 0.350 e. The maximum atomic E-state index is 11.7. The lowest BCUT2D eigenvalue weighted by molar-refractivity contribution is -0.386. The lowest BCUT2D eigenvalue weighted by Gasteiger charge is -2.17. The van der Waals surface area contributed by atoms with E-state index in [1.54, 1.807) is 11.9 Å². The third kappa shape index (κ3) is 3.77. The largest absolute Gasteiger partial charge is 0.352 e. The second-order valence-electron chi connectivity index (χ2n) is 4.76. The number of amides is 1. The van der Waals surface area contributed by atoms with Crippen LogP contribution in [0.4, 0.5) is 5.69 Å². The van der Waals surface area contributed by atoms with Crippen molar-refractivity contribution in [2.75, 3.05) is 0 Å². The number of nitrogens with zero attached hydrogens (tertiary/aromatic N) is 2. The number of nitro groups is 1. The highest BCUT2D eigenvalue weighted by molar-refractivity contribution is 5.76. The second-order valence-corrected chi connectivity index (χ2v) is 4.76. The quantitative estimate of drug-likeness (QED) is 0.562. The van der Waals surface area contributed by atoms with Crippen molar-refractivity contribution < 1.29 is 9.72 Å². The molecule has 0 fully saturated rings. The number of hydrogen-bond acceptors (Lipinski definition) is 5. The van der Waals surface area contributed by atoms with Crippen LogP contribution in [-0.2, 0) is 11.3 Å². The zero-order valence-corrected chi connectivity index (χ0v) is 11.4. The van der Waals surface area contributed by atoms with Gasteiger partial charge in [-0.25, -0.2) is 4.79 Å². The molecule has 0 saturated carbocycles. The number of rotatable bonds is 5. The van der Waals surface area contributed by atoms with Crippen molar-refractivity contribution in [3.63, 3.8) is 0 Å². The topological polar surface area (TPSA) is 127 Å². The SMILES string of the molecule is CC(C)C(C)NC(=O)Cn1cc([N+](=O)[O-])c(=O)[nH]c1=O. The molecule has 2 N–H and O–H groups in total. The van der Waals surface area contributed by atoms with E-state index in [9.17, 15) is 24.5 Å². The predicted molar refractivity (Wildman–Crippen MR) is 70.4 cm³/mol. The van der Waals surface area contributed by atoms with Gasteiger partial charge in [-0.15, -0.1) is 0 Å². The molecule has 1 atom stereocenters. The molecule has 1 amide bonds. The Labute approximate surface area is 113 Å². The van der Waals surface area contributed by atoms with E-state index in [1.165, 1.54) is 0 Å². The Kier molecular flexibility index (Phi) is 4.78. The summed E-state index contributed by atoms with van der Waals surface area (Å²) in [6, 6.07) is -0.101. The number of carbonyl (C=O) groups is 1. The fraction of sp³-hybridized carbons (Fsp3) is 0.545. The smallest absolute Gasteiger partial charge is 0.350 e. The van der Waals surface area contributed by atoms with Crippen LogP contribution < -0.4 is 16.6 Å². The van der Waals surface area contributed by atoms with E-state index in [-0.39, 0.29) is 12.0 Å². The third-order valence-corrected chi connectivity index (χ3v) is 2.89. The van der Waals surface area contributed by atoms with Crippen molar-refractivity contribution >= 4 is 11.6 Å². The van der Waals surface area contributed by atoms with Gasteiger partial charge < -0.3 is 5.32 Å². The van der Waals surface area contributed by atoms with Gasteiger partial charge in [0.05, 0.1) is 11.1 Å². The van der Waals surface area contributed by atoms with E-state index in [1.807, 2.05) is 13.8 Å². The summed E-state index contributed by atoms with van der Waals surface area (Å²) in [6.45, 7) is 5.25. The van der Waals surface area contributed by atoms with Crippen molar-refractivity contribution in [2.45, 2.75) is 33.4 Å². The summed E-state index contributed by atoms with van der Waals surface area (Å²) in [4.78, 5) is 45.9. The highest BCUT2D eigenvalue weighted by Gasteiger charge is 2.17. The average molecular weight is 284 g/mol. The predicted octanol–water partition coefficient (Wildman–Crippen LogP) is -0.394. The van der Waals surface area contributed by atoms with Gasteiger partial charge in [-0.05, 0) is 12.8 Å². The van der Waals surface area contributed by atoms with Crippen LogP contribution >= 0.6 is 0 Å². The zero-order valence-electron chi connectivity index (χ0n) is 11.4. The Balaban J connectivity index is 2.96. The Morgan fingerprint density at radius 3 is 2.55 bits per heavy atom. The van der Waals surface area contributed by atoms with Crippen LogP contribution in [0.25, 0.3) is 0 Å². The van der Waals surface area contributed by atoms with E-state index in [0.29, 0.717) is 0 Å². The summed E-state index contributed by atoms with van der Waals surface area (Å²) >= 11 is 0. The molecule has 0 spiro atoms. The van der Waals surface area contributed by atoms with Crippen molar-refractivity contribution in [1.29, 1.82) is 0 Å². The first-order chi connectivity index (χ1) is 9.22. The molecular weight excluding hydrogens is 268 g/mol. The van der Waals surface area contributed by atoms with Crippen molar-refractivity contribution in [3.05, 3.63) is 37.1 Å². The molecule has 0 saturated heterocycles. The molecule has 1 aromatic heterocycles. The Hall–Kier alpha value is -2.45. The number of aromatic nitrogens is 2. The average Bonchev–Trinajstić information content (AvgIpc) is 2.31. The summed E-state index contributed by atoms with van der Waals surface area (Å²) in [5.74, 6) is -0.254. The number of aromatic amines is 1. The molecule has 0 radical (unpaired) electrons. The molecule has 1 rings (SSSR count). The molecule has 9 nitrogen and oxygen atoms in total. The van der Waals surface area contributed by atoms with E-state index < -0.39 is 34.3 Å². The first kappa shape index (κ1) is 15.6. The molecule has 0 aliphatic heterocycles. The molecule has 1 unspecified atom stereocenters. The zero-order chi connectivity index (χ0) is 15.4. The molecular formula is C11H16N4O5. The summed E-state index contributed by atoms with van der Waals surface area (Å²) < 4.78 is 0.794. The Morgan fingerprint density at radius 2 is 2.05 bits per heavy atom. The van der Waals surface area contributed by atoms with Gasteiger partial charge in [0, 0.05) is 6.04 Å². The van der Waals surface area contributed by atoms with E-state index in [4.69, 9.17) is 0 Å². The molecule has 110 valence electrons. The van der Waals surface area contributed by atoms with Crippen molar-refractivity contribution in [3.8, 4) is 0 Å². The minimum Gasteiger partial charge on any atom is -0.352 e. The monoisotopic (exact) mass is 284 g/mol. The van der Waals surface area contributed by atoms with Gasteiger partial charge in [0.2, 0.25) is 5.91 Å². The Morgan fingerprint density at radius 1 is 1.45 bits per heavy atom. The summed E-state index contributed by atoms with van der Waals surface area (Å²) in [7, 11) is 0. The van der Waals surface area contributed by atoms with Gasteiger partial charge in [-0.3, -0.25) is 29.3 Å². The van der Waals surface area contributed by atoms with Crippen molar-refractivity contribution in [2.24, 2.45) is 5.92 Å². The van der Waals surface area contributed by atoms with E-state index in [2.05, 4.69) is 5.32 Å². The minimum absolute atomic E-state index is 0.101. The van der Waals surface area contributed by atoms with Crippen LogP contribution in [-0.4, -0.2) is 26.4 Å². The molecule has 1 heterocycles. The first-order valence-electron chi connectivity index (χ1n) is 6.00. The van der Waals surface area contributed by atoms with Crippen LogP contribution in [0.2, 0.25) is 0 Å². The number of hydrogen-bond donors (Lipinski definition) is 2. The normalized spacial score (nSPS) is 12.2. The van der Waals surface area contributed by atoms with Crippen LogP contribution in [0, 0.1) is 16.0 Å². The number of H-pyrrole nitrogens is 1. The summed E-state index contributed by atoms with van der Waals surface area (Å²) in [5, 5.41) is 13.3. The van der Waals surface area contributed by atoms with Crippen LogP contribution in [0.15, 0.2) is 15.8 Å². The molecule has 0 aliphatic rings. The van der Waals surface area contributed by atoms with Crippen molar-refractivity contribution in [1.82, 2.24) is 14.9 Å². The fourth-order valence-electron chi connectivity index (χ4n) is 1.37. The van der Waals surface area contributed by atoms with Gasteiger partial charge in [-0.2, -0.15) is 0 Å². The number of carbonyl (C=O) groups excluding carboxylic acids is 1. The van der Waals surface area contributed by atoms with Crippen LogP contribution in [0.5, 0.6) is 0 Å². The third-order valence-electron chi connectivity index (χ3n) is 2.89. The fourth-order valence-corrected chi connectivity index (χ4v) is 1.37. The molecule has 9 heteroatoms. The molecule has 0 bridgehead atoms. The highest BCUT2D eigenvalue weighted by Crippen LogP contribution is 2.01. The lowest BCUT2D eigenvalue weighted by Crippen LogP contribution is -2.41. The number of nitrogens with one attached hydrogen (secondary N) is 2. The molecule has 0 aromatic carbocycles. The minimum atomic E-state index is -1.09. The molecule has 1 aromatic rings. The molecule has 20 heavy (non-hydrogen) atoms. The van der Waals surface area contributed by atoms with Crippen LogP contribution in [0.1, 0.15) is 20.8 Å². The summed E-state index contributed by atoms with van der Waals surface area (Å²) in [5.41, 5.74) is -2.74. The van der Waals surface area contributed by atoms with Gasteiger partial charge in [0.15, 0.2) is 0 Å². The van der Waals surface area contributed by atoms with Gasteiger partial charge in [-0.1, -0.05) is 13.8 Å². The highest BCUT2D eigenvalue weighted by atomic mass is 16.6.